The molecule has 0 aliphatic rings. The van der Waals surface area contributed by atoms with Crippen LogP contribution in [-0.2, 0) is 6.54 Å². The van der Waals surface area contributed by atoms with E-state index in [0.29, 0.717) is 28.4 Å². The molecule has 3 aromatic heterocycles. The summed E-state index contributed by atoms with van der Waals surface area (Å²) in [6.45, 7) is 4.59. The van der Waals surface area contributed by atoms with Crippen molar-refractivity contribution >= 4 is 45.1 Å². The second-order valence-electron chi connectivity index (χ2n) is 7.83. The van der Waals surface area contributed by atoms with E-state index >= 15 is 0 Å². The lowest BCUT2D eigenvalue weighted by molar-refractivity contribution is 0.102. The maximum Gasteiger partial charge on any atom is 0.262 e. The van der Waals surface area contributed by atoms with E-state index in [4.69, 9.17) is 0 Å². The van der Waals surface area contributed by atoms with Gasteiger partial charge in [0.25, 0.3) is 5.56 Å². The molecule has 0 amide bonds. The normalized spacial score (nSPS) is 11.7. The number of ketones is 1. The first kappa shape index (κ1) is 20.5. The molecule has 5 rings (SSSR count). The van der Waals surface area contributed by atoms with Gasteiger partial charge >= 0.3 is 0 Å². The molecule has 0 saturated carbocycles. The summed E-state index contributed by atoms with van der Waals surface area (Å²) in [7, 11) is 0. The van der Waals surface area contributed by atoms with Gasteiger partial charge in [-0.05, 0) is 31.5 Å². The maximum atomic E-state index is 13.1. The van der Waals surface area contributed by atoms with Crippen LogP contribution in [-0.4, -0.2) is 35.7 Å². The SMILES string of the molecule is CCCCn1c(=O)c2ccccc2n2c(SCC(=O)c3c(C)[nH]c4ccccc34)nnc12. The third kappa shape index (κ3) is 3.31. The zero-order valence-corrected chi connectivity index (χ0v) is 18.8. The van der Waals surface area contributed by atoms with Crippen LogP contribution >= 0.6 is 11.8 Å². The summed E-state index contributed by atoms with van der Waals surface area (Å²) in [6, 6.07) is 15.3. The minimum Gasteiger partial charge on any atom is -0.358 e. The van der Waals surface area contributed by atoms with Crippen LogP contribution in [0.25, 0.3) is 27.6 Å². The smallest absolute Gasteiger partial charge is 0.262 e. The van der Waals surface area contributed by atoms with Crippen LogP contribution < -0.4 is 5.56 Å². The van der Waals surface area contributed by atoms with Crippen molar-refractivity contribution in [2.45, 2.75) is 38.4 Å². The topological polar surface area (TPSA) is 85.0 Å². The van der Waals surface area contributed by atoms with E-state index < -0.39 is 0 Å². The molecular weight excluding hydrogens is 422 g/mol. The van der Waals surface area contributed by atoms with E-state index in [1.807, 2.05) is 59.9 Å². The molecule has 0 radical (unpaired) electrons. The number of aromatic nitrogens is 5. The van der Waals surface area contributed by atoms with Crippen LogP contribution in [0.15, 0.2) is 58.5 Å². The van der Waals surface area contributed by atoms with E-state index in [0.717, 1.165) is 35.0 Å². The van der Waals surface area contributed by atoms with Crippen LogP contribution in [0.3, 0.4) is 0 Å². The fourth-order valence-electron chi connectivity index (χ4n) is 4.18. The molecule has 0 aliphatic carbocycles. The number of benzene rings is 2. The Balaban J connectivity index is 1.55. The Morgan fingerprint density at radius 2 is 1.81 bits per heavy atom. The van der Waals surface area contributed by atoms with Gasteiger partial charge in [-0.25, -0.2) is 0 Å². The second kappa shape index (κ2) is 8.27. The number of hydrogen-bond acceptors (Lipinski definition) is 5. The van der Waals surface area contributed by atoms with Crippen molar-refractivity contribution in [1.29, 1.82) is 0 Å². The number of unbranched alkanes of at least 4 members (excludes halogenated alkanes) is 1. The number of fused-ring (bicyclic) bond motifs is 4. The Kier molecular flexibility index (Phi) is 5.30. The Morgan fingerprint density at radius 1 is 1.06 bits per heavy atom. The number of hydrogen-bond donors (Lipinski definition) is 1. The average Bonchev–Trinajstić information content (AvgIpc) is 3.38. The number of Topliss-reactive ketones (excluding diaryl/α,β-unsaturated/α-hetero) is 1. The van der Waals surface area contributed by atoms with E-state index in [1.54, 1.807) is 4.57 Å². The molecular formula is C24H23N5O2S. The number of H-pyrrole nitrogens is 1. The van der Waals surface area contributed by atoms with Gasteiger partial charge in [-0.3, -0.25) is 18.6 Å². The highest BCUT2D eigenvalue weighted by Crippen LogP contribution is 2.26. The van der Waals surface area contributed by atoms with Crippen LogP contribution in [0.4, 0.5) is 0 Å². The molecule has 162 valence electrons. The molecule has 0 atom stereocenters. The monoisotopic (exact) mass is 445 g/mol. The Hall–Kier alpha value is -3.39. The van der Waals surface area contributed by atoms with Crippen molar-refractivity contribution in [3.63, 3.8) is 0 Å². The molecule has 32 heavy (non-hydrogen) atoms. The summed E-state index contributed by atoms with van der Waals surface area (Å²) >= 11 is 1.34. The van der Waals surface area contributed by atoms with Gasteiger partial charge in [0.05, 0.1) is 16.7 Å². The molecule has 2 aromatic carbocycles. The first-order valence-electron chi connectivity index (χ1n) is 10.7. The zero-order chi connectivity index (χ0) is 22.2. The number of rotatable bonds is 7. The van der Waals surface area contributed by atoms with E-state index in [1.165, 1.54) is 11.8 Å². The molecule has 5 aromatic rings. The van der Waals surface area contributed by atoms with Gasteiger partial charge in [-0.2, -0.15) is 0 Å². The zero-order valence-electron chi connectivity index (χ0n) is 18.0. The van der Waals surface area contributed by atoms with Gasteiger partial charge in [-0.1, -0.05) is 55.4 Å². The first-order chi connectivity index (χ1) is 15.6. The molecule has 0 fully saturated rings. The van der Waals surface area contributed by atoms with Crippen LogP contribution in [0.5, 0.6) is 0 Å². The molecule has 0 saturated heterocycles. The Bertz CT molecular complexity index is 1530. The van der Waals surface area contributed by atoms with Gasteiger partial charge in [-0.15, -0.1) is 10.2 Å². The standard InChI is InChI=1S/C24H23N5O2S/c1-3-4-13-28-22(31)17-10-6-8-12-19(17)29-23(28)26-27-24(29)32-14-20(30)21-15(2)25-18-11-7-5-9-16(18)21/h5-12,25H,3-4,13-14H2,1-2H3. The number of thioether (sulfide) groups is 1. The lowest BCUT2D eigenvalue weighted by Crippen LogP contribution is -2.23. The van der Waals surface area contributed by atoms with Crippen molar-refractivity contribution in [1.82, 2.24) is 24.1 Å². The number of aromatic amines is 1. The van der Waals surface area contributed by atoms with Crippen LogP contribution in [0.1, 0.15) is 35.8 Å². The van der Waals surface area contributed by atoms with Crippen molar-refractivity contribution in [2.24, 2.45) is 0 Å². The van der Waals surface area contributed by atoms with Gasteiger partial charge in [0.15, 0.2) is 10.9 Å². The number of nitrogens with zero attached hydrogens (tertiary/aromatic N) is 4. The van der Waals surface area contributed by atoms with Gasteiger partial charge in [0.2, 0.25) is 5.78 Å². The van der Waals surface area contributed by atoms with E-state index in [9.17, 15) is 9.59 Å². The lowest BCUT2D eigenvalue weighted by Gasteiger charge is -2.10. The minimum atomic E-state index is -0.0593. The molecule has 1 N–H and O–H groups in total. The molecule has 0 spiro atoms. The summed E-state index contributed by atoms with van der Waals surface area (Å²) < 4.78 is 3.58. The quantitative estimate of drug-likeness (QED) is 0.292. The number of aryl methyl sites for hydroxylation is 2. The summed E-state index contributed by atoms with van der Waals surface area (Å²) in [5, 5.41) is 10.8. The second-order valence-corrected chi connectivity index (χ2v) is 8.77. The van der Waals surface area contributed by atoms with Crippen LogP contribution in [0.2, 0.25) is 0 Å². The minimum absolute atomic E-state index is 0.0327. The molecule has 0 aliphatic heterocycles. The number of carbonyl (C=O) groups is 1. The predicted octanol–water partition coefficient (Wildman–Crippen LogP) is 4.61. The average molecular weight is 446 g/mol. The van der Waals surface area contributed by atoms with E-state index in [-0.39, 0.29) is 17.1 Å². The van der Waals surface area contributed by atoms with Crippen LogP contribution in [0, 0.1) is 6.92 Å². The summed E-state index contributed by atoms with van der Waals surface area (Å²) in [5.74, 6) is 0.775. The highest BCUT2D eigenvalue weighted by Gasteiger charge is 2.20. The molecule has 0 bridgehead atoms. The van der Waals surface area contributed by atoms with Gasteiger partial charge in [0.1, 0.15) is 0 Å². The lowest BCUT2D eigenvalue weighted by atomic mass is 10.1. The van der Waals surface area contributed by atoms with Gasteiger partial charge < -0.3 is 4.98 Å². The summed E-state index contributed by atoms with van der Waals surface area (Å²) in [5.41, 5.74) is 3.23. The first-order valence-corrected chi connectivity index (χ1v) is 11.7. The largest absolute Gasteiger partial charge is 0.358 e. The van der Waals surface area contributed by atoms with Crippen molar-refractivity contribution in [3.8, 4) is 0 Å². The van der Waals surface area contributed by atoms with Crippen molar-refractivity contribution in [2.75, 3.05) is 5.75 Å². The number of nitrogens with one attached hydrogen (secondary N) is 1. The fourth-order valence-corrected chi connectivity index (χ4v) is 5.00. The third-order valence-electron chi connectivity index (χ3n) is 5.72. The number of para-hydroxylation sites is 2. The van der Waals surface area contributed by atoms with Crippen molar-refractivity contribution in [3.05, 3.63) is 70.1 Å². The fraction of sp³-hybridized carbons (Fsp3) is 0.250. The van der Waals surface area contributed by atoms with Crippen molar-refractivity contribution < 1.29 is 4.79 Å². The highest BCUT2D eigenvalue weighted by molar-refractivity contribution is 7.99. The number of carbonyl (C=O) groups excluding carboxylic acids is 1. The molecule has 8 heteroatoms. The third-order valence-corrected chi connectivity index (χ3v) is 6.65. The maximum absolute atomic E-state index is 13.1. The Morgan fingerprint density at radius 3 is 2.62 bits per heavy atom. The summed E-state index contributed by atoms with van der Waals surface area (Å²) in [6.07, 6.45) is 1.85. The highest BCUT2D eigenvalue weighted by atomic mass is 32.2. The molecule has 3 heterocycles. The molecule has 0 unspecified atom stereocenters. The van der Waals surface area contributed by atoms with Gasteiger partial charge in [0, 0.05) is 28.7 Å². The molecule has 7 nitrogen and oxygen atoms in total. The predicted molar refractivity (Wildman–Crippen MR) is 128 cm³/mol. The van der Waals surface area contributed by atoms with E-state index in [2.05, 4.69) is 22.1 Å². The Labute approximate surface area is 188 Å². The summed E-state index contributed by atoms with van der Waals surface area (Å²) in [4.78, 5) is 29.5.